The Morgan fingerprint density at radius 2 is 1.81 bits per heavy atom. The maximum Gasteiger partial charge on any atom is 0.316 e. The number of benzene rings is 2. The Morgan fingerprint density at radius 1 is 1.08 bits per heavy atom. The zero-order valence-electron chi connectivity index (χ0n) is 13.5. The number of fused-ring (bicyclic) bond motifs is 1. The molecule has 0 aliphatic heterocycles. The van der Waals surface area contributed by atoms with Crippen LogP contribution in [0.25, 0.3) is 11.0 Å². The molecule has 0 saturated carbocycles. The van der Waals surface area contributed by atoms with Crippen LogP contribution < -0.4 is 5.32 Å². The molecule has 0 atom stereocenters. The van der Waals surface area contributed by atoms with Crippen LogP contribution in [0.4, 0.5) is 5.69 Å². The van der Waals surface area contributed by atoms with Crippen LogP contribution in [0.2, 0.25) is 0 Å². The molecular formula is C18H14BrN3O3S. The summed E-state index contributed by atoms with van der Waals surface area (Å²) in [7, 11) is 0. The molecule has 132 valence electrons. The van der Waals surface area contributed by atoms with Gasteiger partial charge < -0.3 is 10.1 Å². The Hall–Kier alpha value is -2.45. The largest absolute Gasteiger partial charge is 0.455 e. The Bertz CT molecular complexity index is 952. The van der Waals surface area contributed by atoms with E-state index in [0.717, 1.165) is 15.5 Å². The second-order valence-electron chi connectivity index (χ2n) is 5.17. The highest BCUT2D eigenvalue weighted by Gasteiger charge is 2.10. The molecule has 0 unspecified atom stereocenters. The molecule has 0 aliphatic rings. The molecule has 8 heteroatoms. The number of esters is 1. The molecule has 1 aromatic heterocycles. The van der Waals surface area contributed by atoms with Crippen LogP contribution in [0.5, 0.6) is 0 Å². The van der Waals surface area contributed by atoms with Gasteiger partial charge in [0.05, 0.1) is 28.7 Å². The van der Waals surface area contributed by atoms with Crippen molar-refractivity contribution in [1.82, 2.24) is 9.97 Å². The van der Waals surface area contributed by atoms with Gasteiger partial charge in [-0.25, -0.2) is 4.98 Å². The van der Waals surface area contributed by atoms with Crippen LogP contribution in [-0.4, -0.2) is 34.2 Å². The SMILES string of the molecule is O=C(COC(=O)CSc1cnc2ccccc2n1)Nc1ccccc1Br. The van der Waals surface area contributed by atoms with Crippen molar-refractivity contribution in [2.45, 2.75) is 5.03 Å². The molecule has 1 heterocycles. The molecular weight excluding hydrogens is 418 g/mol. The number of anilines is 1. The number of carbonyl (C=O) groups excluding carboxylic acids is 2. The fourth-order valence-electron chi connectivity index (χ4n) is 2.08. The first-order valence-corrected chi connectivity index (χ1v) is 9.44. The number of ether oxygens (including phenoxy) is 1. The van der Waals surface area contributed by atoms with Gasteiger partial charge in [-0.1, -0.05) is 36.0 Å². The Kier molecular flexibility index (Phi) is 6.19. The highest BCUT2D eigenvalue weighted by molar-refractivity contribution is 9.10. The third kappa shape index (κ3) is 5.03. The number of nitrogens with one attached hydrogen (secondary N) is 1. The van der Waals surface area contributed by atoms with Crippen LogP contribution in [0.15, 0.2) is 64.2 Å². The van der Waals surface area contributed by atoms with Crippen molar-refractivity contribution in [3.8, 4) is 0 Å². The van der Waals surface area contributed by atoms with Gasteiger partial charge in [0.1, 0.15) is 5.03 Å². The third-order valence-electron chi connectivity index (χ3n) is 3.28. The van der Waals surface area contributed by atoms with Crippen molar-refractivity contribution < 1.29 is 14.3 Å². The number of halogens is 1. The van der Waals surface area contributed by atoms with Crippen LogP contribution in [0, 0.1) is 0 Å². The molecule has 0 spiro atoms. The molecule has 3 aromatic rings. The van der Waals surface area contributed by atoms with E-state index in [1.165, 1.54) is 11.8 Å². The number of carbonyl (C=O) groups is 2. The molecule has 6 nitrogen and oxygen atoms in total. The summed E-state index contributed by atoms with van der Waals surface area (Å²) in [5, 5.41) is 3.29. The van der Waals surface area contributed by atoms with Crippen LogP contribution >= 0.6 is 27.7 Å². The zero-order chi connectivity index (χ0) is 18.4. The van der Waals surface area contributed by atoms with E-state index < -0.39 is 11.9 Å². The number of thioether (sulfide) groups is 1. The molecule has 2 aromatic carbocycles. The van der Waals surface area contributed by atoms with E-state index in [0.29, 0.717) is 10.7 Å². The van der Waals surface area contributed by atoms with Gasteiger partial charge in [0, 0.05) is 4.47 Å². The van der Waals surface area contributed by atoms with Crippen LogP contribution in [0.3, 0.4) is 0 Å². The molecule has 3 rings (SSSR count). The van der Waals surface area contributed by atoms with Crippen LogP contribution in [-0.2, 0) is 14.3 Å². The number of para-hydroxylation sites is 3. The standard InChI is InChI=1S/C18H14BrN3O3S/c19-12-5-1-2-6-13(12)21-16(23)10-25-18(24)11-26-17-9-20-14-7-3-4-8-15(14)22-17/h1-9H,10-11H2,(H,21,23). The van der Waals surface area contributed by atoms with Gasteiger partial charge in [-0.15, -0.1) is 0 Å². The number of nitrogens with zero attached hydrogens (tertiary/aromatic N) is 2. The second kappa shape index (κ2) is 8.77. The minimum absolute atomic E-state index is 0.0509. The Morgan fingerprint density at radius 3 is 2.62 bits per heavy atom. The lowest BCUT2D eigenvalue weighted by Crippen LogP contribution is -2.21. The van der Waals surface area contributed by atoms with Crippen molar-refractivity contribution in [2.24, 2.45) is 0 Å². The lowest BCUT2D eigenvalue weighted by atomic mass is 10.3. The first-order valence-electron chi connectivity index (χ1n) is 7.66. The molecule has 0 aliphatic carbocycles. The van der Waals surface area contributed by atoms with Crippen molar-refractivity contribution in [3.63, 3.8) is 0 Å². The highest BCUT2D eigenvalue weighted by atomic mass is 79.9. The fourth-order valence-corrected chi connectivity index (χ4v) is 3.10. The maximum atomic E-state index is 11.9. The minimum Gasteiger partial charge on any atom is -0.455 e. The van der Waals surface area contributed by atoms with Crippen molar-refractivity contribution in [3.05, 3.63) is 59.2 Å². The predicted octanol–water partition coefficient (Wildman–Crippen LogP) is 3.67. The fraction of sp³-hybridized carbons (Fsp3) is 0.111. The van der Waals surface area contributed by atoms with E-state index >= 15 is 0 Å². The number of amides is 1. The monoisotopic (exact) mass is 431 g/mol. The van der Waals surface area contributed by atoms with Gasteiger partial charge in [0.15, 0.2) is 6.61 Å². The molecule has 1 N–H and O–H groups in total. The summed E-state index contributed by atoms with van der Waals surface area (Å²) in [6.07, 6.45) is 1.61. The van der Waals surface area contributed by atoms with E-state index in [2.05, 4.69) is 31.2 Å². The lowest BCUT2D eigenvalue weighted by molar-refractivity contribution is -0.144. The van der Waals surface area contributed by atoms with E-state index in [1.54, 1.807) is 18.3 Å². The number of hydrogen-bond donors (Lipinski definition) is 1. The predicted molar refractivity (Wildman–Crippen MR) is 104 cm³/mol. The van der Waals surface area contributed by atoms with Crippen molar-refractivity contribution in [2.75, 3.05) is 17.7 Å². The van der Waals surface area contributed by atoms with Gasteiger partial charge in [-0.3, -0.25) is 14.6 Å². The highest BCUT2D eigenvalue weighted by Crippen LogP contribution is 2.21. The van der Waals surface area contributed by atoms with E-state index in [-0.39, 0.29) is 12.4 Å². The normalized spacial score (nSPS) is 10.5. The first-order chi connectivity index (χ1) is 12.6. The maximum absolute atomic E-state index is 11.9. The van der Waals surface area contributed by atoms with Gasteiger partial charge in [-0.2, -0.15) is 0 Å². The molecule has 1 amide bonds. The summed E-state index contributed by atoms with van der Waals surface area (Å²) in [5.74, 6) is -0.844. The molecule has 26 heavy (non-hydrogen) atoms. The number of aromatic nitrogens is 2. The Balaban J connectivity index is 1.46. The number of hydrogen-bond acceptors (Lipinski definition) is 6. The van der Waals surface area contributed by atoms with E-state index in [4.69, 9.17) is 4.74 Å². The molecule has 0 bridgehead atoms. The molecule has 0 saturated heterocycles. The molecule has 0 fully saturated rings. The van der Waals surface area contributed by atoms with Crippen LogP contribution in [0.1, 0.15) is 0 Å². The minimum atomic E-state index is -0.493. The van der Waals surface area contributed by atoms with Crippen molar-refractivity contribution in [1.29, 1.82) is 0 Å². The summed E-state index contributed by atoms with van der Waals surface area (Å²) >= 11 is 4.55. The topological polar surface area (TPSA) is 81.2 Å². The quantitative estimate of drug-likeness (QED) is 0.473. The third-order valence-corrected chi connectivity index (χ3v) is 4.84. The molecule has 0 radical (unpaired) electrons. The number of rotatable bonds is 6. The Labute approximate surface area is 162 Å². The summed E-state index contributed by atoms with van der Waals surface area (Å²) in [6.45, 7) is -0.343. The summed E-state index contributed by atoms with van der Waals surface area (Å²) in [6, 6.07) is 14.7. The second-order valence-corrected chi connectivity index (χ2v) is 7.02. The average molecular weight is 432 g/mol. The smallest absolute Gasteiger partial charge is 0.316 e. The van der Waals surface area contributed by atoms with E-state index in [1.807, 2.05) is 36.4 Å². The summed E-state index contributed by atoms with van der Waals surface area (Å²) in [4.78, 5) is 32.4. The van der Waals surface area contributed by atoms with Gasteiger partial charge >= 0.3 is 5.97 Å². The van der Waals surface area contributed by atoms with Gasteiger partial charge in [0.25, 0.3) is 5.91 Å². The lowest BCUT2D eigenvalue weighted by Gasteiger charge is -2.08. The van der Waals surface area contributed by atoms with Gasteiger partial charge in [-0.05, 0) is 40.2 Å². The van der Waals surface area contributed by atoms with Crippen molar-refractivity contribution >= 4 is 56.3 Å². The summed E-state index contributed by atoms with van der Waals surface area (Å²) in [5.41, 5.74) is 2.18. The first kappa shape index (κ1) is 18.3. The average Bonchev–Trinajstić information content (AvgIpc) is 2.66. The zero-order valence-corrected chi connectivity index (χ0v) is 15.9. The summed E-state index contributed by atoms with van der Waals surface area (Å²) < 4.78 is 5.74. The van der Waals surface area contributed by atoms with Gasteiger partial charge in [0.2, 0.25) is 0 Å². The van der Waals surface area contributed by atoms with E-state index in [9.17, 15) is 9.59 Å².